The van der Waals surface area contributed by atoms with Gasteiger partial charge in [-0.1, -0.05) is 19.3 Å². The SMILES string of the molecule is CC1C(=O)NC(C2CCCCC2)C(=O)N1CCF. The standard InChI is InChI=1S/C13H21FN2O2/c1-9-12(17)15-11(10-5-3-2-4-6-10)13(18)16(9)8-7-14/h9-11H,2-8H2,1H3,(H,15,17). The van der Waals surface area contributed by atoms with E-state index in [1.165, 1.54) is 11.3 Å². The van der Waals surface area contributed by atoms with Crippen LogP contribution in [0.25, 0.3) is 0 Å². The zero-order valence-electron chi connectivity index (χ0n) is 10.8. The van der Waals surface area contributed by atoms with Crippen LogP contribution >= 0.6 is 0 Å². The van der Waals surface area contributed by atoms with Crippen LogP contribution < -0.4 is 5.32 Å². The third kappa shape index (κ3) is 2.49. The monoisotopic (exact) mass is 256 g/mol. The Bertz CT molecular complexity index is 329. The van der Waals surface area contributed by atoms with Crippen LogP contribution in [0.3, 0.4) is 0 Å². The van der Waals surface area contributed by atoms with Crippen LogP contribution in [0.4, 0.5) is 4.39 Å². The summed E-state index contributed by atoms with van der Waals surface area (Å²) >= 11 is 0. The zero-order valence-corrected chi connectivity index (χ0v) is 10.8. The van der Waals surface area contributed by atoms with Crippen molar-refractivity contribution >= 4 is 11.8 Å². The molecule has 102 valence electrons. The number of amides is 2. The molecule has 1 saturated heterocycles. The van der Waals surface area contributed by atoms with Crippen molar-refractivity contribution < 1.29 is 14.0 Å². The average molecular weight is 256 g/mol. The van der Waals surface area contributed by atoms with Gasteiger partial charge in [0.05, 0.1) is 0 Å². The number of hydrogen-bond donors (Lipinski definition) is 1. The molecule has 2 atom stereocenters. The fourth-order valence-corrected chi connectivity index (χ4v) is 3.03. The summed E-state index contributed by atoms with van der Waals surface area (Å²) in [4.78, 5) is 25.6. The van der Waals surface area contributed by atoms with Crippen LogP contribution in [0.2, 0.25) is 0 Å². The van der Waals surface area contributed by atoms with Crippen LogP contribution in [0.15, 0.2) is 0 Å². The first-order valence-corrected chi connectivity index (χ1v) is 6.82. The Morgan fingerprint density at radius 3 is 2.56 bits per heavy atom. The fourth-order valence-electron chi connectivity index (χ4n) is 3.03. The molecule has 4 nitrogen and oxygen atoms in total. The van der Waals surface area contributed by atoms with Crippen molar-refractivity contribution in [2.24, 2.45) is 5.92 Å². The number of piperazine rings is 1. The maximum absolute atomic E-state index is 12.5. The van der Waals surface area contributed by atoms with E-state index in [9.17, 15) is 14.0 Å². The maximum atomic E-state index is 12.5. The molecule has 2 rings (SSSR count). The summed E-state index contributed by atoms with van der Waals surface area (Å²) in [5.41, 5.74) is 0. The smallest absolute Gasteiger partial charge is 0.246 e. The first-order chi connectivity index (χ1) is 8.65. The van der Waals surface area contributed by atoms with Gasteiger partial charge in [0.1, 0.15) is 18.8 Å². The van der Waals surface area contributed by atoms with E-state index in [0.717, 1.165) is 25.7 Å². The van der Waals surface area contributed by atoms with Crippen molar-refractivity contribution in [3.63, 3.8) is 0 Å². The second kappa shape index (κ2) is 5.67. The number of carbonyl (C=O) groups is 2. The van der Waals surface area contributed by atoms with E-state index in [4.69, 9.17) is 0 Å². The van der Waals surface area contributed by atoms with Crippen LogP contribution in [0, 0.1) is 5.92 Å². The highest BCUT2D eigenvalue weighted by molar-refractivity contribution is 5.96. The van der Waals surface area contributed by atoms with Gasteiger partial charge >= 0.3 is 0 Å². The Morgan fingerprint density at radius 1 is 1.28 bits per heavy atom. The highest BCUT2D eigenvalue weighted by atomic mass is 19.1. The third-order valence-electron chi connectivity index (χ3n) is 4.14. The number of halogens is 1. The second-order valence-corrected chi connectivity index (χ2v) is 5.28. The first kappa shape index (κ1) is 13.3. The summed E-state index contributed by atoms with van der Waals surface area (Å²) in [6.45, 7) is 1.08. The predicted octanol–water partition coefficient (Wildman–Crippen LogP) is 1.25. The summed E-state index contributed by atoms with van der Waals surface area (Å²) in [7, 11) is 0. The zero-order chi connectivity index (χ0) is 13.1. The van der Waals surface area contributed by atoms with E-state index >= 15 is 0 Å². The lowest BCUT2D eigenvalue weighted by atomic mass is 9.82. The molecular weight excluding hydrogens is 235 g/mol. The van der Waals surface area contributed by atoms with Gasteiger partial charge in [-0.2, -0.15) is 0 Å². The Balaban J connectivity index is 2.10. The summed E-state index contributed by atoms with van der Waals surface area (Å²) in [6.07, 6.45) is 5.39. The van der Waals surface area contributed by atoms with E-state index in [1.54, 1.807) is 6.92 Å². The molecule has 0 bridgehead atoms. The lowest BCUT2D eigenvalue weighted by molar-refractivity contribution is -0.150. The number of nitrogens with zero attached hydrogens (tertiary/aromatic N) is 1. The quantitative estimate of drug-likeness (QED) is 0.826. The van der Waals surface area contributed by atoms with Gasteiger partial charge in [0.25, 0.3) is 0 Å². The molecule has 1 N–H and O–H groups in total. The van der Waals surface area contributed by atoms with Crippen LogP contribution in [-0.4, -0.2) is 42.0 Å². The number of carbonyl (C=O) groups excluding carboxylic acids is 2. The van der Waals surface area contributed by atoms with Gasteiger partial charge in [-0.05, 0) is 25.7 Å². The highest BCUT2D eigenvalue weighted by Crippen LogP contribution is 2.29. The molecule has 1 aliphatic carbocycles. The Morgan fingerprint density at radius 2 is 1.94 bits per heavy atom. The summed E-state index contributed by atoms with van der Waals surface area (Å²) in [5, 5.41) is 2.82. The van der Waals surface area contributed by atoms with E-state index in [1.807, 2.05) is 0 Å². The Labute approximate surface area is 107 Å². The molecule has 1 heterocycles. The van der Waals surface area contributed by atoms with Gasteiger partial charge in [-0.3, -0.25) is 9.59 Å². The van der Waals surface area contributed by atoms with Gasteiger partial charge in [0, 0.05) is 6.54 Å². The van der Waals surface area contributed by atoms with Gasteiger partial charge < -0.3 is 10.2 Å². The van der Waals surface area contributed by atoms with Crippen molar-refractivity contribution in [3.05, 3.63) is 0 Å². The molecule has 0 spiro atoms. The molecule has 2 aliphatic rings. The minimum atomic E-state index is -0.596. The lowest BCUT2D eigenvalue weighted by Gasteiger charge is -2.40. The van der Waals surface area contributed by atoms with Crippen LogP contribution in [0.1, 0.15) is 39.0 Å². The maximum Gasteiger partial charge on any atom is 0.246 e. The molecule has 18 heavy (non-hydrogen) atoms. The van der Waals surface area contributed by atoms with Crippen LogP contribution in [-0.2, 0) is 9.59 Å². The number of alkyl halides is 1. The van der Waals surface area contributed by atoms with Crippen molar-refractivity contribution in [2.75, 3.05) is 13.2 Å². The molecule has 0 aromatic rings. The molecule has 1 saturated carbocycles. The molecule has 5 heteroatoms. The molecule has 0 aromatic heterocycles. The summed E-state index contributed by atoms with van der Waals surface area (Å²) < 4.78 is 12.5. The molecule has 2 fully saturated rings. The minimum absolute atomic E-state index is 0.0244. The molecule has 1 aliphatic heterocycles. The van der Waals surface area contributed by atoms with Gasteiger partial charge in [-0.25, -0.2) is 4.39 Å². The Kier molecular flexibility index (Phi) is 4.19. The first-order valence-electron chi connectivity index (χ1n) is 6.82. The van der Waals surface area contributed by atoms with Crippen LogP contribution in [0.5, 0.6) is 0 Å². The number of rotatable bonds is 3. The third-order valence-corrected chi connectivity index (χ3v) is 4.14. The van der Waals surface area contributed by atoms with Gasteiger partial charge in [0.2, 0.25) is 11.8 Å². The number of nitrogens with one attached hydrogen (secondary N) is 1. The van der Waals surface area contributed by atoms with Crippen molar-refractivity contribution in [1.29, 1.82) is 0 Å². The Hall–Kier alpha value is -1.13. The van der Waals surface area contributed by atoms with Crippen molar-refractivity contribution in [3.8, 4) is 0 Å². The van der Waals surface area contributed by atoms with E-state index in [-0.39, 0.29) is 24.3 Å². The van der Waals surface area contributed by atoms with E-state index in [2.05, 4.69) is 5.32 Å². The van der Waals surface area contributed by atoms with Gasteiger partial charge in [0.15, 0.2) is 0 Å². The van der Waals surface area contributed by atoms with E-state index < -0.39 is 18.8 Å². The minimum Gasteiger partial charge on any atom is -0.342 e. The normalized spacial score (nSPS) is 30.4. The average Bonchev–Trinajstić information content (AvgIpc) is 2.40. The van der Waals surface area contributed by atoms with Crippen molar-refractivity contribution in [2.45, 2.75) is 51.1 Å². The molecule has 2 amide bonds. The molecular formula is C13H21FN2O2. The number of hydrogen-bond acceptors (Lipinski definition) is 2. The second-order valence-electron chi connectivity index (χ2n) is 5.28. The fraction of sp³-hybridized carbons (Fsp3) is 0.846. The topological polar surface area (TPSA) is 49.4 Å². The van der Waals surface area contributed by atoms with Crippen molar-refractivity contribution in [1.82, 2.24) is 10.2 Å². The predicted molar refractivity (Wildman–Crippen MR) is 65.7 cm³/mol. The highest BCUT2D eigenvalue weighted by Gasteiger charge is 2.41. The molecule has 0 radical (unpaired) electrons. The summed E-state index contributed by atoms with van der Waals surface area (Å²) in [6, 6.07) is -0.978. The summed E-state index contributed by atoms with van der Waals surface area (Å²) in [5.74, 6) is -0.0323. The molecule has 0 aromatic carbocycles. The largest absolute Gasteiger partial charge is 0.342 e. The van der Waals surface area contributed by atoms with E-state index in [0.29, 0.717) is 0 Å². The molecule has 2 unspecified atom stereocenters. The lowest BCUT2D eigenvalue weighted by Crippen LogP contribution is -2.64. The van der Waals surface area contributed by atoms with Gasteiger partial charge in [-0.15, -0.1) is 0 Å².